The second-order valence-corrected chi connectivity index (χ2v) is 5.34. The van der Waals surface area contributed by atoms with Crippen LogP contribution in [0.5, 0.6) is 0 Å². The highest BCUT2D eigenvalue weighted by molar-refractivity contribution is 7.89. The van der Waals surface area contributed by atoms with Crippen molar-refractivity contribution in [2.75, 3.05) is 32.6 Å². The molecular formula is C10H15N3O5S. The summed E-state index contributed by atoms with van der Waals surface area (Å²) in [6, 6.07) is 3.66. The van der Waals surface area contributed by atoms with Crippen LogP contribution in [0.3, 0.4) is 0 Å². The Balaban J connectivity index is 3.07. The van der Waals surface area contributed by atoms with E-state index in [-0.39, 0.29) is 29.4 Å². The van der Waals surface area contributed by atoms with E-state index in [4.69, 9.17) is 4.74 Å². The minimum Gasteiger partial charge on any atom is -0.383 e. The lowest BCUT2D eigenvalue weighted by atomic mass is 10.3. The number of nitro benzene ring substituents is 1. The van der Waals surface area contributed by atoms with Crippen molar-refractivity contribution in [2.24, 2.45) is 0 Å². The van der Waals surface area contributed by atoms with Gasteiger partial charge in [0, 0.05) is 26.8 Å². The lowest BCUT2D eigenvalue weighted by molar-refractivity contribution is -0.384. The number of methoxy groups -OCH3 is 1. The standard InChI is InChI=1S/C10H15N3O5S/c1-11-9-4-3-8(7-10(9)13(14)15)19(16,17)12-5-6-18-2/h3-4,7,11-12H,5-6H2,1-2H3. The summed E-state index contributed by atoms with van der Waals surface area (Å²) in [6.45, 7) is 0.316. The minimum absolute atomic E-state index is 0.0976. The molecule has 0 aromatic heterocycles. The molecule has 0 fully saturated rings. The summed E-state index contributed by atoms with van der Waals surface area (Å²) in [5.41, 5.74) is -0.0436. The first-order chi connectivity index (χ1) is 8.92. The number of rotatable bonds is 7. The predicted molar refractivity (Wildman–Crippen MR) is 69.7 cm³/mol. The number of nitrogens with one attached hydrogen (secondary N) is 2. The molecule has 0 amide bonds. The first kappa shape index (κ1) is 15.3. The predicted octanol–water partition coefficient (Wildman–Crippen LogP) is 0.561. The molecule has 9 heteroatoms. The van der Waals surface area contributed by atoms with Gasteiger partial charge in [-0.2, -0.15) is 0 Å². The van der Waals surface area contributed by atoms with Gasteiger partial charge in [-0.15, -0.1) is 0 Å². The van der Waals surface area contributed by atoms with Gasteiger partial charge in [0.05, 0.1) is 16.4 Å². The topological polar surface area (TPSA) is 111 Å². The normalized spacial score (nSPS) is 11.3. The molecule has 0 spiro atoms. The maximum absolute atomic E-state index is 11.9. The zero-order valence-electron chi connectivity index (χ0n) is 10.5. The molecular weight excluding hydrogens is 274 g/mol. The van der Waals surface area contributed by atoms with Crippen LogP contribution in [0.2, 0.25) is 0 Å². The fourth-order valence-electron chi connectivity index (χ4n) is 1.40. The van der Waals surface area contributed by atoms with Crippen LogP contribution in [-0.4, -0.2) is 40.7 Å². The molecule has 0 unspecified atom stereocenters. The average molecular weight is 289 g/mol. The molecule has 106 valence electrons. The summed E-state index contributed by atoms with van der Waals surface area (Å²) in [4.78, 5) is 10.1. The number of sulfonamides is 1. The van der Waals surface area contributed by atoms with Gasteiger partial charge in [-0.25, -0.2) is 13.1 Å². The number of ether oxygens (including phenoxy) is 1. The summed E-state index contributed by atoms with van der Waals surface area (Å²) < 4.78 is 30.8. The highest BCUT2D eigenvalue weighted by Gasteiger charge is 2.20. The van der Waals surface area contributed by atoms with E-state index in [1.807, 2.05) is 0 Å². The van der Waals surface area contributed by atoms with E-state index >= 15 is 0 Å². The first-order valence-electron chi connectivity index (χ1n) is 5.37. The van der Waals surface area contributed by atoms with Gasteiger partial charge in [-0.3, -0.25) is 10.1 Å². The van der Waals surface area contributed by atoms with Crippen molar-refractivity contribution in [1.82, 2.24) is 4.72 Å². The van der Waals surface area contributed by atoms with Crippen molar-refractivity contribution >= 4 is 21.4 Å². The molecule has 0 aliphatic heterocycles. The Labute approximate surface area is 111 Å². The Bertz CT molecular complexity index is 558. The number of benzene rings is 1. The summed E-state index contributed by atoms with van der Waals surface area (Å²) in [7, 11) is -0.809. The third-order valence-corrected chi connectivity index (χ3v) is 3.80. The van der Waals surface area contributed by atoms with Crippen LogP contribution in [0.15, 0.2) is 23.1 Å². The van der Waals surface area contributed by atoms with Gasteiger partial charge in [-0.1, -0.05) is 0 Å². The van der Waals surface area contributed by atoms with E-state index in [0.29, 0.717) is 0 Å². The second kappa shape index (κ2) is 6.45. The average Bonchev–Trinajstić information content (AvgIpc) is 2.38. The maximum Gasteiger partial charge on any atom is 0.293 e. The quantitative estimate of drug-likeness (QED) is 0.431. The van der Waals surface area contributed by atoms with Gasteiger partial charge >= 0.3 is 0 Å². The number of anilines is 1. The Hall–Kier alpha value is -1.71. The van der Waals surface area contributed by atoms with E-state index in [1.165, 1.54) is 26.3 Å². The van der Waals surface area contributed by atoms with Crippen molar-refractivity contribution in [1.29, 1.82) is 0 Å². The molecule has 0 atom stereocenters. The molecule has 0 radical (unpaired) electrons. The smallest absolute Gasteiger partial charge is 0.293 e. The Kier molecular flexibility index (Phi) is 5.21. The molecule has 1 rings (SSSR count). The summed E-state index contributed by atoms with van der Waals surface area (Å²) in [6.07, 6.45) is 0. The Morgan fingerprint density at radius 1 is 1.42 bits per heavy atom. The fourth-order valence-corrected chi connectivity index (χ4v) is 2.44. The number of hydrogen-bond acceptors (Lipinski definition) is 6. The van der Waals surface area contributed by atoms with Gasteiger partial charge in [0.15, 0.2) is 0 Å². The van der Waals surface area contributed by atoms with Gasteiger partial charge in [0.2, 0.25) is 10.0 Å². The third kappa shape index (κ3) is 3.88. The summed E-state index contributed by atoms with van der Waals surface area (Å²) >= 11 is 0. The van der Waals surface area contributed by atoms with Crippen LogP contribution in [0.1, 0.15) is 0 Å². The van der Waals surface area contributed by atoms with E-state index in [2.05, 4.69) is 10.0 Å². The van der Waals surface area contributed by atoms with Crippen molar-refractivity contribution in [3.05, 3.63) is 28.3 Å². The number of hydrogen-bond donors (Lipinski definition) is 2. The highest BCUT2D eigenvalue weighted by Crippen LogP contribution is 2.26. The van der Waals surface area contributed by atoms with Crippen LogP contribution >= 0.6 is 0 Å². The van der Waals surface area contributed by atoms with Crippen molar-refractivity contribution in [3.63, 3.8) is 0 Å². The lowest BCUT2D eigenvalue weighted by Gasteiger charge is -2.08. The molecule has 8 nitrogen and oxygen atoms in total. The largest absolute Gasteiger partial charge is 0.383 e. The van der Waals surface area contributed by atoms with E-state index in [1.54, 1.807) is 0 Å². The molecule has 2 N–H and O–H groups in total. The molecule has 19 heavy (non-hydrogen) atoms. The molecule has 0 heterocycles. The summed E-state index contributed by atoms with van der Waals surface area (Å²) in [5, 5.41) is 13.5. The van der Waals surface area contributed by atoms with Gasteiger partial charge in [0.1, 0.15) is 5.69 Å². The van der Waals surface area contributed by atoms with Crippen LogP contribution in [-0.2, 0) is 14.8 Å². The lowest BCUT2D eigenvalue weighted by Crippen LogP contribution is -2.27. The van der Waals surface area contributed by atoms with Crippen LogP contribution in [0, 0.1) is 10.1 Å². The van der Waals surface area contributed by atoms with Gasteiger partial charge < -0.3 is 10.1 Å². The Morgan fingerprint density at radius 3 is 2.63 bits per heavy atom. The number of nitrogens with zero attached hydrogens (tertiary/aromatic N) is 1. The first-order valence-corrected chi connectivity index (χ1v) is 6.85. The molecule has 0 bridgehead atoms. The van der Waals surface area contributed by atoms with Crippen LogP contribution in [0.4, 0.5) is 11.4 Å². The third-order valence-electron chi connectivity index (χ3n) is 2.34. The summed E-state index contributed by atoms with van der Waals surface area (Å²) in [5.74, 6) is 0. The van der Waals surface area contributed by atoms with E-state index in [0.717, 1.165) is 6.07 Å². The second-order valence-electron chi connectivity index (χ2n) is 3.58. The van der Waals surface area contributed by atoms with Crippen LogP contribution in [0.25, 0.3) is 0 Å². The van der Waals surface area contributed by atoms with Gasteiger partial charge in [0.25, 0.3) is 5.69 Å². The van der Waals surface area contributed by atoms with Crippen molar-refractivity contribution < 1.29 is 18.1 Å². The highest BCUT2D eigenvalue weighted by atomic mass is 32.2. The molecule has 1 aromatic rings. The van der Waals surface area contributed by atoms with Gasteiger partial charge in [-0.05, 0) is 12.1 Å². The molecule has 0 aliphatic rings. The van der Waals surface area contributed by atoms with Crippen molar-refractivity contribution in [3.8, 4) is 0 Å². The van der Waals surface area contributed by atoms with E-state index < -0.39 is 14.9 Å². The fraction of sp³-hybridized carbons (Fsp3) is 0.400. The monoisotopic (exact) mass is 289 g/mol. The zero-order chi connectivity index (χ0) is 14.5. The van der Waals surface area contributed by atoms with Crippen LogP contribution < -0.4 is 10.0 Å². The molecule has 0 saturated heterocycles. The minimum atomic E-state index is -3.78. The zero-order valence-corrected chi connectivity index (χ0v) is 11.4. The SMILES string of the molecule is CNc1ccc(S(=O)(=O)NCCOC)cc1[N+](=O)[O-]. The number of nitro groups is 1. The molecule has 0 aliphatic carbocycles. The molecule has 1 aromatic carbocycles. The Morgan fingerprint density at radius 2 is 2.11 bits per heavy atom. The molecule has 0 saturated carbocycles. The maximum atomic E-state index is 11.9. The van der Waals surface area contributed by atoms with E-state index in [9.17, 15) is 18.5 Å². The van der Waals surface area contributed by atoms with Crippen molar-refractivity contribution in [2.45, 2.75) is 4.90 Å².